The van der Waals surface area contributed by atoms with Crippen molar-refractivity contribution in [3.63, 3.8) is 0 Å². The van der Waals surface area contributed by atoms with Crippen LogP contribution in [0.25, 0.3) is 0 Å². The number of nitrogens with one attached hydrogen (secondary N) is 1. The third-order valence-electron chi connectivity index (χ3n) is 4.44. The Morgan fingerprint density at radius 3 is 2.79 bits per heavy atom. The van der Waals surface area contributed by atoms with Gasteiger partial charge in [-0.3, -0.25) is 4.90 Å². The molecule has 1 N–H and O–H groups in total. The van der Waals surface area contributed by atoms with Gasteiger partial charge >= 0.3 is 0 Å². The summed E-state index contributed by atoms with van der Waals surface area (Å²) in [7, 11) is 0. The van der Waals surface area contributed by atoms with Crippen LogP contribution in [-0.2, 0) is 6.54 Å². The monoisotopic (exact) mass is 262 g/mol. The van der Waals surface area contributed by atoms with E-state index in [1.807, 2.05) is 12.1 Å². The normalized spacial score (nSPS) is 27.1. The second-order valence-corrected chi connectivity index (χ2v) is 6.47. The summed E-state index contributed by atoms with van der Waals surface area (Å²) >= 11 is 0. The van der Waals surface area contributed by atoms with Gasteiger partial charge in [-0.15, -0.1) is 0 Å². The molecule has 0 amide bonds. The number of rotatable bonds is 5. The Kier molecular flexibility index (Phi) is 3.59. The largest absolute Gasteiger partial charge is 0.316 e. The second-order valence-electron chi connectivity index (χ2n) is 6.47. The lowest BCUT2D eigenvalue weighted by molar-refractivity contribution is 0.161. The summed E-state index contributed by atoms with van der Waals surface area (Å²) in [5, 5.41) is 3.45. The fourth-order valence-corrected chi connectivity index (χ4v) is 3.09. The van der Waals surface area contributed by atoms with E-state index < -0.39 is 0 Å². The van der Waals surface area contributed by atoms with Crippen molar-refractivity contribution < 1.29 is 4.39 Å². The summed E-state index contributed by atoms with van der Waals surface area (Å²) in [5.74, 6) is -0.0668. The molecule has 3 rings (SSSR count). The first-order valence-electron chi connectivity index (χ1n) is 7.34. The molecule has 1 saturated heterocycles. The average molecular weight is 262 g/mol. The standard InChI is InChI=1S/C16H23FN2/c1-16(8-9-18-11-16)12-19(14-6-7-14)10-13-4-2-3-5-15(13)17/h2-5,14,18H,6-12H2,1H3. The van der Waals surface area contributed by atoms with Gasteiger partial charge < -0.3 is 5.32 Å². The zero-order valence-electron chi connectivity index (χ0n) is 11.7. The number of nitrogens with zero attached hydrogens (tertiary/aromatic N) is 1. The van der Waals surface area contributed by atoms with Gasteiger partial charge in [-0.2, -0.15) is 0 Å². The Bertz CT molecular complexity index is 436. The van der Waals surface area contributed by atoms with Gasteiger partial charge in [0.2, 0.25) is 0 Å². The van der Waals surface area contributed by atoms with Crippen molar-refractivity contribution in [3.8, 4) is 0 Å². The van der Waals surface area contributed by atoms with Crippen molar-refractivity contribution in [2.24, 2.45) is 5.41 Å². The lowest BCUT2D eigenvalue weighted by Crippen LogP contribution is -2.38. The highest BCUT2D eigenvalue weighted by molar-refractivity contribution is 5.17. The molecule has 2 aliphatic rings. The predicted molar refractivity (Wildman–Crippen MR) is 75.4 cm³/mol. The van der Waals surface area contributed by atoms with Gasteiger partial charge in [0.1, 0.15) is 5.82 Å². The van der Waals surface area contributed by atoms with Crippen LogP contribution in [-0.4, -0.2) is 30.6 Å². The maximum absolute atomic E-state index is 13.8. The Morgan fingerprint density at radius 1 is 1.37 bits per heavy atom. The summed E-state index contributed by atoms with van der Waals surface area (Å²) in [6.45, 7) is 6.40. The molecule has 1 atom stereocenters. The number of halogens is 1. The van der Waals surface area contributed by atoms with Crippen LogP contribution >= 0.6 is 0 Å². The Morgan fingerprint density at radius 2 is 2.16 bits per heavy atom. The third kappa shape index (κ3) is 3.15. The SMILES string of the molecule is CC1(CN(Cc2ccccc2F)C2CC2)CCNC1. The molecule has 2 nitrogen and oxygen atoms in total. The quantitative estimate of drug-likeness (QED) is 0.878. The van der Waals surface area contributed by atoms with Gasteiger partial charge in [0, 0.05) is 31.2 Å². The van der Waals surface area contributed by atoms with Crippen LogP contribution in [0.2, 0.25) is 0 Å². The van der Waals surface area contributed by atoms with Crippen LogP contribution < -0.4 is 5.32 Å². The van der Waals surface area contributed by atoms with Gasteiger partial charge in [0.15, 0.2) is 0 Å². The molecule has 1 aromatic rings. The first-order valence-corrected chi connectivity index (χ1v) is 7.34. The molecule has 0 radical (unpaired) electrons. The Balaban J connectivity index is 1.69. The van der Waals surface area contributed by atoms with E-state index in [0.29, 0.717) is 11.5 Å². The van der Waals surface area contributed by atoms with Crippen molar-refractivity contribution >= 4 is 0 Å². The molecular formula is C16H23FN2. The molecule has 2 fully saturated rings. The number of hydrogen-bond acceptors (Lipinski definition) is 2. The van der Waals surface area contributed by atoms with Crippen molar-refractivity contribution in [2.75, 3.05) is 19.6 Å². The van der Waals surface area contributed by atoms with Gasteiger partial charge in [0.25, 0.3) is 0 Å². The molecule has 104 valence electrons. The fraction of sp³-hybridized carbons (Fsp3) is 0.625. The fourth-order valence-electron chi connectivity index (χ4n) is 3.09. The molecule has 1 aliphatic heterocycles. The van der Waals surface area contributed by atoms with Gasteiger partial charge in [-0.1, -0.05) is 25.1 Å². The minimum absolute atomic E-state index is 0.0668. The van der Waals surface area contributed by atoms with Gasteiger partial charge in [-0.05, 0) is 37.3 Å². The van der Waals surface area contributed by atoms with Crippen LogP contribution in [0.5, 0.6) is 0 Å². The predicted octanol–water partition coefficient (Wildman–Crippen LogP) is 2.79. The van der Waals surface area contributed by atoms with E-state index >= 15 is 0 Å². The molecule has 0 spiro atoms. The van der Waals surface area contributed by atoms with E-state index in [2.05, 4.69) is 17.1 Å². The lowest BCUT2D eigenvalue weighted by Gasteiger charge is -2.32. The highest BCUT2D eigenvalue weighted by Crippen LogP contribution is 2.34. The summed E-state index contributed by atoms with van der Waals surface area (Å²) in [6.07, 6.45) is 3.78. The summed E-state index contributed by atoms with van der Waals surface area (Å²) < 4.78 is 13.8. The molecule has 1 saturated carbocycles. The summed E-state index contributed by atoms with van der Waals surface area (Å²) in [5.41, 5.74) is 1.19. The molecule has 1 heterocycles. The van der Waals surface area contributed by atoms with Crippen LogP contribution in [0.3, 0.4) is 0 Å². The van der Waals surface area contributed by atoms with Crippen LogP contribution in [0, 0.1) is 11.2 Å². The second kappa shape index (κ2) is 5.22. The topological polar surface area (TPSA) is 15.3 Å². The number of benzene rings is 1. The molecule has 19 heavy (non-hydrogen) atoms. The average Bonchev–Trinajstić information content (AvgIpc) is 3.15. The highest BCUT2D eigenvalue weighted by atomic mass is 19.1. The maximum Gasteiger partial charge on any atom is 0.127 e. The van der Waals surface area contributed by atoms with Crippen LogP contribution in [0.4, 0.5) is 4.39 Å². The first-order chi connectivity index (χ1) is 9.16. The van der Waals surface area contributed by atoms with E-state index in [4.69, 9.17) is 0 Å². The smallest absolute Gasteiger partial charge is 0.127 e. The Hall–Kier alpha value is -0.930. The maximum atomic E-state index is 13.8. The molecule has 1 aliphatic carbocycles. The van der Waals surface area contributed by atoms with Crippen LogP contribution in [0.1, 0.15) is 31.7 Å². The van der Waals surface area contributed by atoms with Crippen molar-refractivity contribution in [3.05, 3.63) is 35.6 Å². The van der Waals surface area contributed by atoms with E-state index in [-0.39, 0.29) is 5.82 Å². The highest BCUT2D eigenvalue weighted by Gasteiger charge is 2.36. The molecule has 0 aromatic heterocycles. The zero-order valence-corrected chi connectivity index (χ0v) is 11.7. The third-order valence-corrected chi connectivity index (χ3v) is 4.44. The van der Waals surface area contributed by atoms with E-state index in [1.165, 1.54) is 19.3 Å². The number of hydrogen-bond donors (Lipinski definition) is 1. The summed E-state index contributed by atoms with van der Waals surface area (Å²) in [4.78, 5) is 2.49. The molecule has 1 unspecified atom stereocenters. The van der Waals surface area contributed by atoms with Crippen molar-refractivity contribution in [1.82, 2.24) is 10.2 Å². The Labute approximate surface area is 115 Å². The van der Waals surface area contributed by atoms with Gasteiger partial charge in [-0.25, -0.2) is 4.39 Å². The van der Waals surface area contributed by atoms with E-state index in [0.717, 1.165) is 31.7 Å². The zero-order chi connectivity index (χ0) is 13.3. The van der Waals surface area contributed by atoms with E-state index in [1.54, 1.807) is 12.1 Å². The molecule has 1 aromatic carbocycles. The molecule has 0 bridgehead atoms. The minimum Gasteiger partial charge on any atom is -0.316 e. The lowest BCUT2D eigenvalue weighted by atomic mass is 9.89. The molecular weight excluding hydrogens is 239 g/mol. The van der Waals surface area contributed by atoms with Gasteiger partial charge in [0.05, 0.1) is 0 Å². The van der Waals surface area contributed by atoms with E-state index in [9.17, 15) is 4.39 Å². The first kappa shape index (κ1) is 13.1. The van der Waals surface area contributed by atoms with Crippen LogP contribution in [0.15, 0.2) is 24.3 Å². The molecule has 3 heteroatoms. The van der Waals surface area contributed by atoms with Crippen molar-refractivity contribution in [1.29, 1.82) is 0 Å². The minimum atomic E-state index is -0.0668. The summed E-state index contributed by atoms with van der Waals surface area (Å²) in [6, 6.07) is 7.86. The van der Waals surface area contributed by atoms with Crippen molar-refractivity contribution in [2.45, 2.75) is 38.8 Å².